The van der Waals surface area contributed by atoms with Gasteiger partial charge in [0.2, 0.25) is 5.91 Å². The molecule has 0 aromatic carbocycles. The Morgan fingerprint density at radius 1 is 1.30 bits per heavy atom. The third-order valence-corrected chi connectivity index (χ3v) is 4.85. The summed E-state index contributed by atoms with van der Waals surface area (Å²) in [7, 11) is 1.66. The summed E-state index contributed by atoms with van der Waals surface area (Å²) in [6, 6.07) is -0.111. The van der Waals surface area contributed by atoms with Gasteiger partial charge in [0.15, 0.2) is 0 Å². The van der Waals surface area contributed by atoms with Crippen LogP contribution in [0.25, 0.3) is 0 Å². The number of hydrogen-bond acceptors (Lipinski definition) is 3. The molecule has 0 spiro atoms. The zero-order chi connectivity index (χ0) is 14.6. The predicted molar refractivity (Wildman–Crippen MR) is 74.4 cm³/mol. The van der Waals surface area contributed by atoms with Crippen molar-refractivity contribution in [2.24, 2.45) is 5.41 Å². The molecule has 5 heteroatoms. The van der Waals surface area contributed by atoms with E-state index in [1.807, 2.05) is 4.90 Å². The highest BCUT2D eigenvalue weighted by atomic mass is 16.5. The third-order valence-electron chi connectivity index (χ3n) is 4.85. The number of ether oxygens (including phenoxy) is 1. The van der Waals surface area contributed by atoms with Crippen LogP contribution in [-0.2, 0) is 14.3 Å². The number of nitrogens with zero attached hydrogens (tertiary/aromatic N) is 1. The minimum Gasteiger partial charge on any atom is -0.481 e. The molecule has 2 rings (SSSR count). The average Bonchev–Trinajstić information content (AvgIpc) is 3.04. The summed E-state index contributed by atoms with van der Waals surface area (Å²) in [6.07, 6.45) is 6.60. The number of carbonyl (C=O) groups excluding carboxylic acids is 1. The molecule has 1 atom stereocenters. The number of aliphatic carboxylic acids is 1. The Labute approximate surface area is 120 Å². The summed E-state index contributed by atoms with van der Waals surface area (Å²) in [6.45, 7) is 1.31. The van der Waals surface area contributed by atoms with Crippen molar-refractivity contribution >= 4 is 11.9 Å². The molecule has 114 valence electrons. The zero-order valence-corrected chi connectivity index (χ0v) is 12.3. The first-order valence-corrected chi connectivity index (χ1v) is 7.61. The second kappa shape index (κ2) is 6.57. The van der Waals surface area contributed by atoms with E-state index in [1.165, 1.54) is 0 Å². The molecule has 1 heterocycles. The third kappa shape index (κ3) is 3.14. The van der Waals surface area contributed by atoms with Gasteiger partial charge in [0.1, 0.15) is 0 Å². The molecule has 2 fully saturated rings. The van der Waals surface area contributed by atoms with Crippen LogP contribution in [0.15, 0.2) is 0 Å². The van der Waals surface area contributed by atoms with E-state index in [9.17, 15) is 9.59 Å². The number of likely N-dealkylation sites (tertiary alicyclic amines) is 1. The van der Waals surface area contributed by atoms with Gasteiger partial charge in [-0.25, -0.2) is 0 Å². The fourth-order valence-corrected chi connectivity index (χ4v) is 3.74. The van der Waals surface area contributed by atoms with Crippen molar-refractivity contribution in [3.05, 3.63) is 0 Å². The lowest BCUT2D eigenvalue weighted by Gasteiger charge is -2.35. The molecule has 1 aliphatic heterocycles. The smallest absolute Gasteiger partial charge is 0.305 e. The Hall–Kier alpha value is -1.10. The van der Waals surface area contributed by atoms with Crippen LogP contribution in [0.4, 0.5) is 0 Å². The van der Waals surface area contributed by atoms with Gasteiger partial charge in [-0.3, -0.25) is 9.59 Å². The number of carboxylic acids is 1. The maximum Gasteiger partial charge on any atom is 0.305 e. The van der Waals surface area contributed by atoms with E-state index in [2.05, 4.69) is 0 Å². The molecule has 1 unspecified atom stereocenters. The quantitative estimate of drug-likeness (QED) is 0.810. The average molecular weight is 283 g/mol. The first-order chi connectivity index (χ1) is 9.59. The normalized spacial score (nSPS) is 25.1. The van der Waals surface area contributed by atoms with Gasteiger partial charge in [0.25, 0.3) is 0 Å². The lowest BCUT2D eigenvalue weighted by Crippen LogP contribution is -2.46. The highest BCUT2D eigenvalue weighted by Gasteiger charge is 2.45. The van der Waals surface area contributed by atoms with Crippen LogP contribution in [0.1, 0.15) is 51.4 Å². The van der Waals surface area contributed by atoms with Crippen LogP contribution in [0.5, 0.6) is 0 Å². The molecule has 0 bridgehead atoms. The molecule has 0 radical (unpaired) electrons. The van der Waals surface area contributed by atoms with E-state index in [0.29, 0.717) is 13.2 Å². The van der Waals surface area contributed by atoms with Crippen LogP contribution in [-0.4, -0.2) is 48.2 Å². The van der Waals surface area contributed by atoms with E-state index >= 15 is 0 Å². The minimum atomic E-state index is -0.813. The SMILES string of the molecule is COCCC1(C(=O)N2CCCC2CC(=O)O)CCCC1. The molecule has 2 aliphatic rings. The number of carbonyl (C=O) groups is 2. The number of methoxy groups -OCH3 is 1. The molecule has 1 amide bonds. The summed E-state index contributed by atoms with van der Waals surface area (Å²) in [5, 5.41) is 8.99. The fraction of sp³-hybridized carbons (Fsp3) is 0.867. The van der Waals surface area contributed by atoms with E-state index in [-0.39, 0.29) is 23.8 Å². The summed E-state index contributed by atoms with van der Waals surface area (Å²) in [5.74, 6) is -0.636. The Bertz CT molecular complexity index is 363. The van der Waals surface area contributed by atoms with Crippen molar-refractivity contribution in [2.75, 3.05) is 20.3 Å². The Morgan fingerprint density at radius 2 is 2.00 bits per heavy atom. The zero-order valence-electron chi connectivity index (χ0n) is 12.3. The maximum absolute atomic E-state index is 12.9. The maximum atomic E-state index is 12.9. The van der Waals surface area contributed by atoms with Crippen molar-refractivity contribution in [2.45, 2.75) is 57.4 Å². The molecule has 0 aromatic rings. The molecule has 1 aliphatic carbocycles. The monoisotopic (exact) mass is 283 g/mol. The molecule has 20 heavy (non-hydrogen) atoms. The second-order valence-electron chi connectivity index (χ2n) is 6.12. The van der Waals surface area contributed by atoms with Crippen LogP contribution < -0.4 is 0 Å². The molecule has 5 nitrogen and oxygen atoms in total. The summed E-state index contributed by atoms with van der Waals surface area (Å²) < 4.78 is 5.17. The number of rotatable bonds is 6. The molecule has 1 saturated heterocycles. The lowest BCUT2D eigenvalue weighted by molar-refractivity contribution is -0.146. The van der Waals surface area contributed by atoms with Crippen LogP contribution in [0, 0.1) is 5.41 Å². The Kier molecular flexibility index (Phi) is 5.02. The molecular formula is C15H25NO4. The van der Waals surface area contributed by atoms with Gasteiger partial charge < -0.3 is 14.7 Å². The van der Waals surface area contributed by atoms with Crippen molar-refractivity contribution < 1.29 is 19.4 Å². The topological polar surface area (TPSA) is 66.8 Å². The van der Waals surface area contributed by atoms with Gasteiger partial charge in [-0.05, 0) is 32.1 Å². The minimum absolute atomic E-state index is 0.0755. The number of hydrogen-bond donors (Lipinski definition) is 1. The second-order valence-corrected chi connectivity index (χ2v) is 6.12. The lowest BCUT2D eigenvalue weighted by atomic mass is 9.81. The van der Waals surface area contributed by atoms with E-state index < -0.39 is 5.97 Å². The summed E-state index contributed by atoms with van der Waals surface area (Å²) >= 11 is 0. The van der Waals surface area contributed by atoms with Gasteiger partial charge in [-0.15, -0.1) is 0 Å². The van der Waals surface area contributed by atoms with Crippen LogP contribution >= 0.6 is 0 Å². The van der Waals surface area contributed by atoms with Crippen LogP contribution in [0.3, 0.4) is 0 Å². The van der Waals surface area contributed by atoms with E-state index in [4.69, 9.17) is 9.84 Å². The largest absolute Gasteiger partial charge is 0.481 e. The van der Waals surface area contributed by atoms with Gasteiger partial charge in [-0.1, -0.05) is 12.8 Å². The van der Waals surface area contributed by atoms with Gasteiger partial charge in [-0.2, -0.15) is 0 Å². The van der Waals surface area contributed by atoms with Crippen molar-refractivity contribution in [3.63, 3.8) is 0 Å². The highest BCUT2D eigenvalue weighted by molar-refractivity contribution is 5.84. The molecular weight excluding hydrogens is 258 g/mol. The molecule has 0 aromatic heterocycles. The first kappa shape index (κ1) is 15.3. The molecule has 1 N–H and O–H groups in total. The van der Waals surface area contributed by atoms with Crippen molar-refractivity contribution in [1.29, 1.82) is 0 Å². The van der Waals surface area contributed by atoms with Gasteiger partial charge in [0, 0.05) is 26.3 Å². The highest BCUT2D eigenvalue weighted by Crippen LogP contribution is 2.44. The standard InChI is InChI=1S/C15H25NO4/c1-20-10-8-15(6-2-3-7-15)14(19)16-9-4-5-12(16)11-13(17)18/h12H,2-11H2,1H3,(H,17,18). The van der Waals surface area contributed by atoms with Crippen molar-refractivity contribution in [1.82, 2.24) is 4.90 Å². The number of amides is 1. The first-order valence-electron chi connectivity index (χ1n) is 7.61. The van der Waals surface area contributed by atoms with E-state index in [0.717, 1.165) is 44.9 Å². The predicted octanol–water partition coefficient (Wildman–Crippen LogP) is 2.05. The van der Waals surface area contributed by atoms with Gasteiger partial charge in [0.05, 0.1) is 11.8 Å². The Balaban J connectivity index is 2.08. The summed E-state index contributed by atoms with van der Waals surface area (Å²) in [5.41, 5.74) is -0.295. The Morgan fingerprint density at radius 3 is 2.60 bits per heavy atom. The van der Waals surface area contributed by atoms with Crippen LogP contribution in [0.2, 0.25) is 0 Å². The van der Waals surface area contributed by atoms with Gasteiger partial charge >= 0.3 is 5.97 Å². The van der Waals surface area contributed by atoms with Crippen molar-refractivity contribution in [3.8, 4) is 0 Å². The van der Waals surface area contributed by atoms with E-state index in [1.54, 1.807) is 7.11 Å². The fourth-order valence-electron chi connectivity index (χ4n) is 3.74. The summed E-state index contributed by atoms with van der Waals surface area (Å²) in [4.78, 5) is 25.7. The number of carboxylic acid groups (broad SMARTS) is 1. The molecule has 1 saturated carbocycles.